The fourth-order valence-electron chi connectivity index (χ4n) is 2.94. The lowest BCUT2D eigenvalue weighted by molar-refractivity contribution is -0.124. The number of amides is 1. The molecule has 0 atom stereocenters. The van der Waals surface area contributed by atoms with Gasteiger partial charge in [-0.3, -0.25) is 10.0 Å². The highest BCUT2D eigenvalue weighted by atomic mass is 32.1. The van der Waals surface area contributed by atoms with Crippen LogP contribution in [0.15, 0.2) is 35.7 Å². The molecule has 1 saturated heterocycles. The number of hydroxylamine groups is 1. The number of benzene rings is 1. The lowest BCUT2D eigenvalue weighted by Gasteiger charge is -2.14. The van der Waals surface area contributed by atoms with Crippen LogP contribution < -0.4 is 10.8 Å². The molecular weight excluding hydrogens is 348 g/mol. The van der Waals surface area contributed by atoms with Crippen molar-refractivity contribution in [1.82, 2.24) is 20.7 Å². The molecule has 0 unspecified atom stereocenters. The topological polar surface area (TPSA) is 77.5 Å². The van der Waals surface area contributed by atoms with Gasteiger partial charge >= 0.3 is 0 Å². The van der Waals surface area contributed by atoms with Crippen molar-refractivity contribution < 1.29 is 10.0 Å². The van der Waals surface area contributed by atoms with Crippen LogP contribution in [0.1, 0.15) is 23.4 Å². The molecule has 1 aliphatic rings. The van der Waals surface area contributed by atoms with Gasteiger partial charge in [-0.1, -0.05) is 24.3 Å². The molecule has 3 N–H and O–H groups in total. The van der Waals surface area contributed by atoms with E-state index in [0.29, 0.717) is 0 Å². The van der Waals surface area contributed by atoms with Crippen LogP contribution >= 0.6 is 11.3 Å². The Balaban J connectivity index is 1.49. The summed E-state index contributed by atoms with van der Waals surface area (Å²) in [5.74, 6) is -0.546. The van der Waals surface area contributed by atoms with Crippen LogP contribution in [0.5, 0.6) is 0 Å². The Bertz CT molecular complexity index is 736. The van der Waals surface area contributed by atoms with Crippen molar-refractivity contribution in [3.05, 3.63) is 46.3 Å². The van der Waals surface area contributed by atoms with E-state index >= 15 is 0 Å². The van der Waals surface area contributed by atoms with E-state index in [4.69, 9.17) is 10.2 Å². The zero-order valence-electron chi connectivity index (χ0n) is 14.6. The number of thiazole rings is 1. The van der Waals surface area contributed by atoms with Gasteiger partial charge < -0.3 is 10.2 Å². The van der Waals surface area contributed by atoms with Crippen LogP contribution in [0, 0.1) is 0 Å². The largest absolute Gasteiger partial charge is 0.309 e. The molecule has 0 saturated carbocycles. The molecule has 6 nitrogen and oxygen atoms in total. The first-order chi connectivity index (χ1) is 12.7. The summed E-state index contributed by atoms with van der Waals surface area (Å²) in [4.78, 5) is 18.2. The van der Waals surface area contributed by atoms with Crippen LogP contribution in [0.25, 0.3) is 17.3 Å². The predicted octanol–water partition coefficient (Wildman–Crippen LogP) is 2.51. The summed E-state index contributed by atoms with van der Waals surface area (Å²) in [6.45, 7) is 5.38. The number of likely N-dealkylation sites (tertiary alicyclic amines) is 1. The normalized spacial score (nSPS) is 15.0. The van der Waals surface area contributed by atoms with Gasteiger partial charge in [0.15, 0.2) is 0 Å². The van der Waals surface area contributed by atoms with Crippen LogP contribution in [-0.2, 0) is 11.3 Å². The Morgan fingerprint density at radius 1 is 1.27 bits per heavy atom. The third kappa shape index (κ3) is 5.47. The van der Waals surface area contributed by atoms with E-state index in [-0.39, 0.29) is 0 Å². The third-order valence-corrected chi connectivity index (χ3v) is 5.22. The molecule has 0 spiro atoms. The first-order valence-corrected chi connectivity index (χ1v) is 9.72. The number of hydrogen-bond donors (Lipinski definition) is 3. The highest BCUT2D eigenvalue weighted by Crippen LogP contribution is 2.22. The van der Waals surface area contributed by atoms with E-state index in [1.807, 2.05) is 24.3 Å². The summed E-state index contributed by atoms with van der Waals surface area (Å²) in [5.41, 5.74) is 4.47. The van der Waals surface area contributed by atoms with Crippen molar-refractivity contribution in [2.24, 2.45) is 0 Å². The Hall–Kier alpha value is -2.06. The van der Waals surface area contributed by atoms with Gasteiger partial charge in [0.25, 0.3) is 5.91 Å². The van der Waals surface area contributed by atoms with Crippen molar-refractivity contribution in [2.45, 2.75) is 19.4 Å². The summed E-state index contributed by atoms with van der Waals surface area (Å²) in [6, 6.07) is 7.81. The number of aromatic nitrogens is 1. The molecule has 1 aromatic heterocycles. The molecule has 1 amide bonds. The van der Waals surface area contributed by atoms with E-state index < -0.39 is 5.91 Å². The van der Waals surface area contributed by atoms with E-state index in [2.05, 4.69) is 15.6 Å². The zero-order valence-corrected chi connectivity index (χ0v) is 15.5. The van der Waals surface area contributed by atoms with Crippen LogP contribution in [0.2, 0.25) is 0 Å². The molecule has 0 aliphatic carbocycles. The SMILES string of the molecule is O=C(/C=C/c1ccc(-c2csc(CNCCN3CCCC3)n2)cc1)NO. The molecular formula is C19H24N4O2S. The zero-order chi connectivity index (χ0) is 18.2. The molecule has 0 bridgehead atoms. The maximum absolute atomic E-state index is 11.0. The Morgan fingerprint density at radius 2 is 2.04 bits per heavy atom. The maximum atomic E-state index is 11.0. The van der Waals surface area contributed by atoms with Gasteiger partial charge in [-0.05, 0) is 37.6 Å². The Morgan fingerprint density at radius 3 is 2.77 bits per heavy atom. The summed E-state index contributed by atoms with van der Waals surface area (Å²) >= 11 is 1.67. The number of carbonyl (C=O) groups excluding carboxylic acids is 1. The maximum Gasteiger partial charge on any atom is 0.267 e. The van der Waals surface area contributed by atoms with Gasteiger partial charge in [0.05, 0.1) is 5.69 Å². The van der Waals surface area contributed by atoms with Crippen LogP contribution in [-0.4, -0.2) is 47.2 Å². The third-order valence-electron chi connectivity index (χ3n) is 4.38. The summed E-state index contributed by atoms with van der Waals surface area (Å²) < 4.78 is 0. The van der Waals surface area contributed by atoms with Crippen molar-refractivity contribution in [1.29, 1.82) is 0 Å². The molecule has 138 valence electrons. The number of nitrogens with one attached hydrogen (secondary N) is 2. The molecule has 2 aromatic rings. The predicted molar refractivity (Wildman–Crippen MR) is 104 cm³/mol. The molecule has 7 heteroatoms. The Labute approximate surface area is 157 Å². The van der Waals surface area contributed by atoms with Crippen LogP contribution in [0.3, 0.4) is 0 Å². The quantitative estimate of drug-likeness (QED) is 0.287. The number of nitrogens with zero attached hydrogens (tertiary/aromatic N) is 2. The molecule has 2 heterocycles. The van der Waals surface area contributed by atoms with E-state index in [1.165, 1.54) is 32.0 Å². The van der Waals surface area contributed by atoms with E-state index in [0.717, 1.165) is 41.5 Å². The summed E-state index contributed by atoms with van der Waals surface area (Å²) in [7, 11) is 0. The first kappa shape index (κ1) is 18.7. The Kier molecular flexibility index (Phi) is 6.90. The van der Waals surface area contributed by atoms with Gasteiger partial charge in [-0.2, -0.15) is 0 Å². The minimum absolute atomic E-state index is 0.546. The highest BCUT2D eigenvalue weighted by molar-refractivity contribution is 7.09. The van der Waals surface area contributed by atoms with Crippen molar-refractivity contribution in [2.75, 3.05) is 26.2 Å². The van der Waals surface area contributed by atoms with Crippen molar-refractivity contribution in [3.63, 3.8) is 0 Å². The second-order valence-corrected chi connectivity index (χ2v) is 7.23. The van der Waals surface area contributed by atoms with Gasteiger partial charge in [0.2, 0.25) is 0 Å². The van der Waals surface area contributed by atoms with Gasteiger partial charge in [-0.25, -0.2) is 10.5 Å². The fourth-order valence-corrected chi connectivity index (χ4v) is 3.71. The highest BCUT2D eigenvalue weighted by Gasteiger charge is 2.10. The summed E-state index contributed by atoms with van der Waals surface area (Å²) in [6.07, 6.45) is 5.59. The van der Waals surface area contributed by atoms with Gasteiger partial charge in [0, 0.05) is 36.7 Å². The van der Waals surface area contributed by atoms with Crippen LogP contribution in [0.4, 0.5) is 0 Å². The number of hydrogen-bond acceptors (Lipinski definition) is 6. The minimum Gasteiger partial charge on any atom is -0.309 e. The van der Waals surface area contributed by atoms with Gasteiger partial charge in [-0.15, -0.1) is 11.3 Å². The van der Waals surface area contributed by atoms with Crippen molar-refractivity contribution in [3.8, 4) is 11.3 Å². The van der Waals surface area contributed by atoms with E-state index in [1.54, 1.807) is 22.9 Å². The number of rotatable bonds is 8. The van der Waals surface area contributed by atoms with Gasteiger partial charge in [0.1, 0.15) is 5.01 Å². The first-order valence-electron chi connectivity index (χ1n) is 8.84. The lowest BCUT2D eigenvalue weighted by Crippen LogP contribution is -2.29. The summed E-state index contributed by atoms with van der Waals surface area (Å²) in [5, 5.41) is 15.1. The average Bonchev–Trinajstić information content (AvgIpc) is 3.35. The number of carbonyl (C=O) groups is 1. The van der Waals surface area contributed by atoms with Crippen molar-refractivity contribution >= 4 is 23.3 Å². The average molecular weight is 372 g/mol. The molecule has 1 aromatic carbocycles. The second-order valence-electron chi connectivity index (χ2n) is 6.28. The lowest BCUT2D eigenvalue weighted by atomic mass is 10.1. The standard InChI is InChI=1S/C19H24N4O2S/c24-18(22-25)8-5-15-3-6-16(7-4-15)17-14-26-19(21-17)13-20-9-12-23-10-1-2-11-23/h3-8,14,20,25H,1-2,9-13H2,(H,22,24)/b8-5+. The fraction of sp³-hybridized carbons (Fsp3) is 0.368. The smallest absolute Gasteiger partial charge is 0.267 e. The molecule has 0 radical (unpaired) electrons. The monoisotopic (exact) mass is 372 g/mol. The second kappa shape index (κ2) is 9.59. The van der Waals surface area contributed by atoms with E-state index in [9.17, 15) is 4.79 Å². The molecule has 26 heavy (non-hydrogen) atoms. The molecule has 1 fully saturated rings. The minimum atomic E-state index is -0.546. The molecule has 3 rings (SSSR count). The molecule has 1 aliphatic heterocycles.